The Balaban J connectivity index is 2.97. The molecule has 1 unspecified atom stereocenters. The first kappa shape index (κ1) is 18.4. The Morgan fingerprint density at radius 1 is 0.842 bits per heavy atom. The van der Waals surface area contributed by atoms with E-state index in [2.05, 4.69) is 0 Å². The first-order valence-electron chi connectivity index (χ1n) is 8.01. The normalized spacial score (nSPS) is 12.5. The van der Waals surface area contributed by atoms with Crippen LogP contribution in [0.4, 0.5) is 0 Å². The van der Waals surface area contributed by atoms with Gasteiger partial charge in [-0.15, -0.1) is 0 Å². The van der Waals surface area contributed by atoms with E-state index in [0.29, 0.717) is 0 Å². The number of unbranched alkanes of at least 4 members (excludes halogenated alkanes) is 10. The quantitative estimate of drug-likeness (QED) is 0.494. The predicted molar refractivity (Wildman–Crippen MR) is 76.7 cm³/mol. The average Bonchev–Trinajstić information content (AvgIpc) is 2.34. The third-order valence-electron chi connectivity index (χ3n) is 3.50. The number of rotatable bonds is 14. The van der Waals surface area contributed by atoms with Crippen molar-refractivity contribution in [3.63, 3.8) is 0 Å². The molecule has 3 nitrogen and oxygen atoms in total. The van der Waals surface area contributed by atoms with Gasteiger partial charge in [0.1, 0.15) is 0 Å². The van der Waals surface area contributed by atoms with Crippen LogP contribution in [-0.4, -0.2) is 17.2 Å². The van der Waals surface area contributed by atoms with Crippen LogP contribution in [0.3, 0.4) is 0 Å². The molecule has 0 fully saturated rings. The molecular weight excluding hydrogens is 240 g/mol. The fraction of sp³-hybridized carbons (Fsp3) is 0.938. The fourth-order valence-electron chi connectivity index (χ4n) is 2.30. The predicted octanol–water partition coefficient (Wildman–Crippen LogP) is 3.19. The lowest BCUT2D eigenvalue weighted by Crippen LogP contribution is -2.21. The number of aliphatic hydroxyl groups is 1. The molecule has 1 N–H and O–H groups in total. The van der Waals surface area contributed by atoms with Crippen molar-refractivity contribution in [1.82, 2.24) is 0 Å². The number of carboxylic acids is 1. The summed E-state index contributed by atoms with van der Waals surface area (Å²) in [5.74, 6) is -0.921. The summed E-state index contributed by atoms with van der Waals surface area (Å²) in [7, 11) is 0. The van der Waals surface area contributed by atoms with E-state index in [-0.39, 0.29) is 12.5 Å². The smallest absolute Gasteiger partial charge is 0.0512 e. The molecule has 0 spiro atoms. The van der Waals surface area contributed by atoms with Crippen LogP contribution in [0.5, 0.6) is 0 Å². The van der Waals surface area contributed by atoms with Crippen molar-refractivity contribution in [3.8, 4) is 0 Å². The number of aliphatic carboxylic acids is 1. The van der Waals surface area contributed by atoms with Crippen molar-refractivity contribution in [2.24, 2.45) is 0 Å². The second-order valence-electron chi connectivity index (χ2n) is 5.65. The topological polar surface area (TPSA) is 60.4 Å². The van der Waals surface area contributed by atoms with Gasteiger partial charge < -0.3 is 15.0 Å². The molecule has 0 heterocycles. The van der Waals surface area contributed by atoms with Crippen molar-refractivity contribution in [1.29, 1.82) is 0 Å². The van der Waals surface area contributed by atoms with E-state index in [4.69, 9.17) is 5.11 Å². The van der Waals surface area contributed by atoms with Gasteiger partial charge >= 0.3 is 0 Å². The summed E-state index contributed by atoms with van der Waals surface area (Å²) in [6.07, 6.45) is 14.1. The number of hydrogen-bond acceptors (Lipinski definition) is 3. The second kappa shape index (κ2) is 13.9. The van der Waals surface area contributed by atoms with Crippen LogP contribution in [0.25, 0.3) is 0 Å². The van der Waals surface area contributed by atoms with Crippen LogP contribution in [-0.2, 0) is 4.79 Å². The Kier molecular flexibility index (Phi) is 13.4. The van der Waals surface area contributed by atoms with Gasteiger partial charge in [0.25, 0.3) is 0 Å². The van der Waals surface area contributed by atoms with Crippen molar-refractivity contribution >= 4 is 5.97 Å². The van der Waals surface area contributed by atoms with E-state index in [1.807, 2.05) is 6.92 Å². The maximum absolute atomic E-state index is 10.2. The minimum atomic E-state index is -0.921. The van der Waals surface area contributed by atoms with Gasteiger partial charge in [-0.2, -0.15) is 0 Å². The van der Waals surface area contributed by atoms with Gasteiger partial charge in [-0.1, -0.05) is 64.2 Å². The molecule has 0 aliphatic heterocycles. The van der Waals surface area contributed by atoms with Crippen molar-refractivity contribution in [2.45, 2.75) is 96.5 Å². The van der Waals surface area contributed by atoms with Gasteiger partial charge in [0.2, 0.25) is 0 Å². The molecule has 0 radical (unpaired) electrons. The SMILES string of the molecule is CC(O)CCCCCCCCCCCCCC(=O)[O-]. The van der Waals surface area contributed by atoms with Gasteiger partial charge in [0.15, 0.2) is 0 Å². The molecule has 0 aromatic carbocycles. The third-order valence-corrected chi connectivity index (χ3v) is 3.50. The van der Waals surface area contributed by atoms with E-state index >= 15 is 0 Å². The molecule has 0 aromatic heterocycles. The van der Waals surface area contributed by atoms with E-state index in [9.17, 15) is 9.90 Å². The van der Waals surface area contributed by atoms with E-state index in [1.54, 1.807) is 0 Å². The highest BCUT2D eigenvalue weighted by molar-refractivity contribution is 5.63. The molecular formula is C16H31O3-. The highest BCUT2D eigenvalue weighted by Gasteiger charge is 1.96. The summed E-state index contributed by atoms with van der Waals surface area (Å²) in [6.45, 7) is 1.85. The highest BCUT2D eigenvalue weighted by Crippen LogP contribution is 2.12. The zero-order valence-corrected chi connectivity index (χ0v) is 12.5. The Hall–Kier alpha value is -0.570. The molecule has 0 aliphatic rings. The van der Waals surface area contributed by atoms with Crippen LogP contribution in [0.15, 0.2) is 0 Å². The van der Waals surface area contributed by atoms with Gasteiger partial charge in [-0.3, -0.25) is 0 Å². The minimum absolute atomic E-state index is 0.142. The van der Waals surface area contributed by atoms with Crippen molar-refractivity contribution < 1.29 is 15.0 Å². The summed E-state index contributed by atoms with van der Waals surface area (Å²) in [5.41, 5.74) is 0. The third kappa shape index (κ3) is 17.4. The molecule has 0 aliphatic carbocycles. The van der Waals surface area contributed by atoms with Crippen molar-refractivity contribution in [2.75, 3.05) is 0 Å². The van der Waals surface area contributed by atoms with E-state index in [0.717, 1.165) is 32.1 Å². The molecule has 114 valence electrons. The van der Waals surface area contributed by atoms with Crippen LogP contribution in [0, 0.1) is 0 Å². The first-order valence-corrected chi connectivity index (χ1v) is 8.01. The number of carboxylic acid groups (broad SMARTS) is 1. The van der Waals surface area contributed by atoms with Crippen LogP contribution >= 0.6 is 0 Å². The molecule has 0 saturated carbocycles. The zero-order chi connectivity index (χ0) is 14.3. The molecule has 19 heavy (non-hydrogen) atoms. The Bertz CT molecular complexity index is 202. The largest absolute Gasteiger partial charge is 0.550 e. The average molecular weight is 271 g/mol. The fourth-order valence-corrected chi connectivity index (χ4v) is 2.30. The van der Waals surface area contributed by atoms with Crippen LogP contribution in [0.2, 0.25) is 0 Å². The molecule has 0 saturated heterocycles. The summed E-state index contributed by atoms with van der Waals surface area (Å²) in [5, 5.41) is 19.3. The van der Waals surface area contributed by atoms with E-state index < -0.39 is 5.97 Å². The van der Waals surface area contributed by atoms with Crippen LogP contribution in [0.1, 0.15) is 90.4 Å². The summed E-state index contributed by atoms with van der Waals surface area (Å²) in [4.78, 5) is 10.2. The summed E-state index contributed by atoms with van der Waals surface area (Å²) >= 11 is 0. The van der Waals surface area contributed by atoms with Gasteiger partial charge in [-0.25, -0.2) is 0 Å². The van der Waals surface area contributed by atoms with E-state index in [1.165, 1.54) is 44.9 Å². The minimum Gasteiger partial charge on any atom is -0.550 e. The van der Waals surface area contributed by atoms with Gasteiger partial charge in [-0.05, 0) is 26.2 Å². The lowest BCUT2D eigenvalue weighted by Gasteiger charge is -2.04. The molecule has 3 heteroatoms. The number of carbonyl (C=O) groups excluding carboxylic acids is 1. The summed E-state index contributed by atoms with van der Waals surface area (Å²) < 4.78 is 0. The monoisotopic (exact) mass is 271 g/mol. The highest BCUT2D eigenvalue weighted by atomic mass is 16.4. The lowest BCUT2D eigenvalue weighted by atomic mass is 10.0. The van der Waals surface area contributed by atoms with Gasteiger partial charge in [0.05, 0.1) is 6.10 Å². The maximum Gasteiger partial charge on any atom is 0.0512 e. The molecule has 0 aromatic rings. The lowest BCUT2D eigenvalue weighted by molar-refractivity contribution is -0.305. The second-order valence-corrected chi connectivity index (χ2v) is 5.65. The summed E-state index contributed by atoms with van der Waals surface area (Å²) in [6, 6.07) is 0. The molecule has 1 atom stereocenters. The maximum atomic E-state index is 10.2. The number of aliphatic hydroxyl groups excluding tert-OH is 1. The van der Waals surface area contributed by atoms with Crippen molar-refractivity contribution in [3.05, 3.63) is 0 Å². The number of hydrogen-bond donors (Lipinski definition) is 1. The zero-order valence-electron chi connectivity index (χ0n) is 12.5. The van der Waals surface area contributed by atoms with Crippen LogP contribution < -0.4 is 5.11 Å². The first-order chi connectivity index (χ1) is 9.13. The molecule has 0 rings (SSSR count). The molecule has 0 bridgehead atoms. The standard InChI is InChI=1S/C16H32O3/c1-15(17)13-11-9-7-5-3-2-4-6-8-10-12-14-16(18)19/h15,17H,2-14H2,1H3,(H,18,19)/p-1. The Morgan fingerprint density at radius 2 is 1.21 bits per heavy atom. The molecule has 0 amide bonds. The Morgan fingerprint density at radius 3 is 1.58 bits per heavy atom. The number of carbonyl (C=O) groups is 1. The van der Waals surface area contributed by atoms with Gasteiger partial charge in [0, 0.05) is 5.97 Å². The Labute approximate surface area is 118 Å².